The topological polar surface area (TPSA) is 41.1 Å². The number of hydrogen-bond donors (Lipinski definition) is 2. The van der Waals surface area contributed by atoms with Crippen LogP contribution in [0.1, 0.15) is 32.6 Å². The number of rotatable bonds is 3. The lowest BCUT2D eigenvalue weighted by Gasteiger charge is -2.26. The van der Waals surface area contributed by atoms with E-state index in [1.807, 2.05) is 14.0 Å². The van der Waals surface area contributed by atoms with Gasteiger partial charge < -0.3 is 10.6 Å². The summed E-state index contributed by atoms with van der Waals surface area (Å²) < 4.78 is 0. The Morgan fingerprint density at radius 3 is 2.42 bits per heavy atom. The Bertz CT molecular complexity index is 162. The van der Waals surface area contributed by atoms with Gasteiger partial charge in [0.15, 0.2) is 0 Å². The van der Waals surface area contributed by atoms with Crippen molar-refractivity contribution in [1.29, 1.82) is 0 Å². The van der Waals surface area contributed by atoms with Gasteiger partial charge in [-0.05, 0) is 26.8 Å². The van der Waals surface area contributed by atoms with Gasteiger partial charge >= 0.3 is 0 Å². The fourth-order valence-corrected chi connectivity index (χ4v) is 1.90. The van der Waals surface area contributed by atoms with Crippen molar-refractivity contribution in [2.75, 3.05) is 13.6 Å². The monoisotopic (exact) mass is 170 g/mol. The van der Waals surface area contributed by atoms with E-state index in [0.717, 1.165) is 32.2 Å². The van der Waals surface area contributed by atoms with Crippen LogP contribution in [0.15, 0.2) is 0 Å². The van der Waals surface area contributed by atoms with Crippen molar-refractivity contribution in [3.05, 3.63) is 0 Å². The van der Waals surface area contributed by atoms with E-state index >= 15 is 0 Å². The predicted molar refractivity (Wildman–Crippen MR) is 48.9 cm³/mol. The molecule has 0 heterocycles. The van der Waals surface area contributed by atoms with Gasteiger partial charge in [-0.2, -0.15) is 0 Å². The second-order valence-electron chi connectivity index (χ2n) is 3.40. The molecule has 2 N–H and O–H groups in total. The Morgan fingerprint density at radius 2 is 2.00 bits per heavy atom. The normalized spacial score (nSPS) is 20.8. The highest BCUT2D eigenvalue weighted by Gasteiger charge is 2.38. The van der Waals surface area contributed by atoms with E-state index in [1.54, 1.807) is 0 Å². The van der Waals surface area contributed by atoms with Crippen LogP contribution in [0.3, 0.4) is 0 Å². The first-order valence-corrected chi connectivity index (χ1v) is 4.72. The van der Waals surface area contributed by atoms with Crippen LogP contribution in [0.25, 0.3) is 0 Å². The van der Waals surface area contributed by atoms with Crippen LogP contribution in [-0.2, 0) is 4.79 Å². The number of carbonyl (C=O) groups is 1. The van der Waals surface area contributed by atoms with Gasteiger partial charge in [-0.25, -0.2) is 0 Å². The molecule has 0 radical (unpaired) electrons. The lowest BCUT2D eigenvalue weighted by atomic mass is 9.97. The molecule has 70 valence electrons. The van der Waals surface area contributed by atoms with Crippen LogP contribution in [-0.4, -0.2) is 25.0 Å². The smallest absolute Gasteiger partial charge is 0.240 e. The summed E-state index contributed by atoms with van der Waals surface area (Å²) in [5.74, 6) is 0.171. The first-order chi connectivity index (χ1) is 5.75. The summed E-state index contributed by atoms with van der Waals surface area (Å²) in [6, 6.07) is 0. The van der Waals surface area contributed by atoms with Gasteiger partial charge in [-0.15, -0.1) is 0 Å². The highest BCUT2D eigenvalue weighted by Crippen LogP contribution is 2.29. The molecule has 1 rings (SSSR count). The minimum atomic E-state index is -0.254. The Kier molecular flexibility index (Phi) is 3.09. The molecule has 1 saturated carbocycles. The van der Waals surface area contributed by atoms with Gasteiger partial charge in [0.05, 0.1) is 5.54 Å². The number of hydrogen-bond acceptors (Lipinski definition) is 2. The van der Waals surface area contributed by atoms with Crippen molar-refractivity contribution in [2.45, 2.75) is 38.1 Å². The molecule has 1 amide bonds. The van der Waals surface area contributed by atoms with Gasteiger partial charge in [0, 0.05) is 6.54 Å². The first-order valence-electron chi connectivity index (χ1n) is 4.72. The maximum absolute atomic E-state index is 11.6. The zero-order valence-electron chi connectivity index (χ0n) is 7.94. The van der Waals surface area contributed by atoms with Crippen molar-refractivity contribution in [3.8, 4) is 0 Å². The molecule has 12 heavy (non-hydrogen) atoms. The van der Waals surface area contributed by atoms with E-state index in [1.165, 1.54) is 0 Å². The van der Waals surface area contributed by atoms with Gasteiger partial charge in [-0.3, -0.25) is 4.79 Å². The quantitative estimate of drug-likeness (QED) is 0.653. The lowest BCUT2D eigenvalue weighted by Crippen LogP contribution is -2.53. The highest BCUT2D eigenvalue weighted by atomic mass is 16.2. The molecule has 0 saturated heterocycles. The summed E-state index contributed by atoms with van der Waals surface area (Å²) in [6.45, 7) is 2.68. The third-order valence-corrected chi connectivity index (χ3v) is 2.71. The second kappa shape index (κ2) is 3.90. The molecule has 1 fully saturated rings. The number of carbonyl (C=O) groups excluding carboxylic acids is 1. The van der Waals surface area contributed by atoms with Crippen LogP contribution in [0, 0.1) is 0 Å². The van der Waals surface area contributed by atoms with Gasteiger partial charge in [0.2, 0.25) is 5.91 Å². The Balaban J connectivity index is 2.59. The van der Waals surface area contributed by atoms with Crippen molar-refractivity contribution in [3.63, 3.8) is 0 Å². The molecule has 3 heteroatoms. The maximum atomic E-state index is 11.6. The van der Waals surface area contributed by atoms with Gasteiger partial charge in [-0.1, -0.05) is 12.8 Å². The molecule has 1 aliphatic rings. The molecule has 0 aromatic heterocycles. The summed E-state index contributed by atoms with van der Waals surface area (Å²) in [6.07, 6.45) is 4.29. The van der Waals surface area contributed by atoms with Crippen LogP contribution < -0.4 is 10.6 Å². The van der Waals surface area contributed by atoms with E-state index in [9.17, 15) is 4.79 Å². The molecule has 0 bridgehead atoms. The molecule has 0 atom stereocenters. The first kappa shape index (κ1) is 9.52. The molecule has 3 nitrogen and oxygen atoms in total. The molecule has 0 spiro atoms. The molecule has 0 aromatic carbocycles. The van der Waals surface area contributed by atoms with E-state index in [-0.39, 0.29) is 11.4 Å². The van der Waals surface area contributed by atoms with E-state index in [4.69, 9.17) is 0 Å². The molecule has 0 unspecified atom stereocenters. The van der Waals surface area contributed by atoms with Crippen LogP contribution in [0.5, 0.6) is 0 Å². The van der Waals surface area contributed by atoms with Crippen LogP contribution in [0.4, 0.5) is 0 Å². The average Bonchev–Trinajstić information content (AvgIpc) is 2.54. The summed E-state index contributed by atoms with van der Waals surface area (Å²) in [4.78, 5) is 11.6. The molecule has 0 aromatic rings. The summed E-state index contributed by atoms with van der Waals surface area (Å²) >= 11 is 0. The zero-order chi connectivity index (χ0) is 9.03. The predicted octanol–water partition coefficient (Wildman–Crippen LogP) is 0.655. The van der Waals surface area contributed by atoms with Crippen LogP contribution in [0.2, 0.25) is 0 Å². The van der Waals surface area contributed by atoms with Gasteiger partial charge in [0.1, 0.15) is 0 Å². The average molecular weight is 170 g/mol. The van der Waals surface area contributed by atoms with E-state index < -0.39 is 0 Å². The largest absolute Gasteiger partial charge is 0.355 e. The molecular weight excluding hydrogens is 152 g/mol. The summed E-state index contributed by atoms with van der Waals surface area (Å²) in [7, 11) is 1.88. The molecule has 0 aliphatic heterocycles. The van der Waals surface area contributed by atoms with Crippen LogP contribution >= 0.6 is 0 Å². The number of amides is 1. The van der Waals surface area contributed by atoms with Gasteiger partial charge in [0.25, 0.3) is 0 Å². The Labute approximate surface area is 73.9 Å². The summed E-state index contributed by atoms with van der Waals surface area (Å²) in [5, 5.41) is 6.03. The zero-order valence-corrected chi connectivity index (χ0v) is 7.94. The number of nitrogens with one attached hydrogen (secondary N) is 2. The SMILES string of the molecule is CCNC(=O)C1(NC)CCCC1. The number of likely N-dealkylation sites (N-methyl/N-ethyl adjacent to an activating group) is 2. The molecular formula is C9H18N2O. The van der Waals surface area contributed by atoms with Crippen molar-refractivity contribution < 1.29 is 4.79 Å². The van der Waals surface area contributed by atoms with Crippen molar-refractivity contribution in [1.82, 2.24) is 10.6 Å². The lowest BCUT2D eigenvalue weighted by molar-refractivity contribution is -0.127. The molecule has 1 aliphatic carbocycles. The standard InChI is InChI=1S/C9H18N2O/c1-3-11-8(12)9(10-2)6-4-5-7-9/h10H,3-7H2,1-2H3,(H,11,12). The fourth-order valence-electron chi connectivity index (χ4n) is 1.90. The van der Waals surface area contributed by atoms with Crippen molar-refractivity contribution >= 4 is 5.91 Å². The Morgan fingerprint density at radius 1 is 1.42 bits per heavy atom. The summed E-state index contributed by atoms with van der Waals surface area (Å²) in [5.41, 5.74) is -0.254. The van der Waals surface area contributed by atoms with Crippen molar-refractivity contribution in [2.24, 2.45) is 0 Å². The minimum absolute atomic E-state index is 0.171. The third kappa shape index (κ3) is 1.61. The highest BCUT2D eigenvalue weighted by molar-refractivity contribution is 5.86. The third-order valence-electron chi connectivity index (χ3n) is 2.71. The maximum Gasteiger partial charge on any atom is 0.240 e. The fraction of sp³-hybridized carbons (Fsp3) is 0.889. The minimum Gasteiger partial charge on any atom is -0.355 e. The van der Waals surface area contributed by atoms with E-state index in [0.29, 0.717) is 0 Å². The Hall–Kier alpha value is -0.570. The second-order valence-corrected chi connectivity index (χ2v) is 3.40. The van der Waals surface area contributed by atoms with E-state index in [2.05, 4.69) is 10.6 Å².